The minimum atomic E-state index is -0.792. The van der Waals surface area contributed by atoms with Crippen LogP contribution in [0, 0.1) is 0 Å². The predicted octanol–water partition coefficient (Wildman–Crippen LogP) is 2.89. The lowest BCUT2D eigenvalue weighted by atomic mass is 10.1. The quantitative estimate of drug-likeness (QED) is 0.677. The zero-order chi connectivity index (χ0) is 21.4. The number of benzene rings is 2. The van der Waals surface area contributed by atoms with Crippen molar-refractivity contribution in [3.63, 3.8) is 0 Å². The summed E-state index contributed by atoms with van der Waals surface area (Å²) >= 11 is 1.60. The average Bonchev–Trinajstić information content (AvgIpc) is 3.22. The van der Waals surface area contributed by atoms with Gasteiger partial charge in [0.25, 0.3) is 5.91 Å². The van der Waals surface area contributed by atoms with E-state index in [0.717, 1.165) is 28.4 Å². The molecule has 9 heteroatoms. The zero-order valence-electron chi connectivity index (χ0n) is 17.0. The van der Waals surface area contributed by atoms with Gasteiger partial charge in [0.1, 0.15) is 5.75 Å². The first-order valence-corrected chi connectivity index (χ1v) is 11.0. The van der Waals surface area contributed by atoms with Gasteiger partial charge in [0.15, 0.2) is 11.2 Å². The lowest BCUT2D eigenvalue weighted by Gasteiger charge is -2.33. The van der Waals surface area contributed by atoms with Crippen molar-refractivity contribution in [2.45, 2.75) is 13.0 Å². The summed E-state index contributed by atoms with van der Waals surface area (Å²) in [4.78, 5) is 33.5. The molecule has 0 aliphatic carbocycles. The van der Waals surface area contributed by atoms with E-state index in [1.165, 1.54) is 6.92 Å². The molecule has 3 heterocycles. The molecule has 0 spiro atoms. The van der Waals surface area contributed by atoms with E-state index in [4.69, 9.17) is 14.5 Å². The lowest BCUT2D eigenvalue weighted by molar-refractivity contribution is -0.123. The molecule has 0 saturated carbocycles. The van der Waals surface area contributed by atoms with Crippen molar-refractivity contribution >= 4 is 49.9 Å². The Bertz CT molecular complexity index is 1140. The Balaban J connectivity index is 1.33. The molecule has 1 unspecified atom stereocenters. The van der Waals surface area contributed by atoms with Crippen LogP contribution >= 0.6 is 11.3 Å². The Kier molecular flexibility index (Phi) is 5.21. The lowest BCUT2D eigenvalue weighted by Crippen LogP contribution is -2.48. The van der Waals surface area contributed by atoms with Crippen LogP contribution < -0.4 is 19.9 Å². The second-order valence-electron chi connectivity index (χ2n) is 7.47. The summed E-state index contributed by atoms with van der Waals surface area (Å²) in [5.41, 5.74) is 2.25. The molecule has 160 valence electrons. The number of nitrogens with one attached hydrogen (secondary N) is 1. The fourth-order valence-corrected chi connectivity index (χ4v) is 4.83. The number of morpholine rings is 1. The number of thiazole rings is 1. The first-order valence-electron chi connectivity index (χ1n) is 10.2. The largest absolute Gasteiger partial charge is 0.476 e. The van der Waals surface area contributed by atoms with Gasteiger partial charge < -0.3 is 24.6 Å². The number of amides is 2. The SMILES string of the molecule is CC(=O)N1CC(C(=O)Nc2ccc3nc(N4CCOCC4)sc3c2)Oc2ccccc21. The number of nitrogens with zero attached hydrogens (tertiary/aromatic N) is 3. The summed E-state index contributed by atoms with van der Waals surface area (Å²) in [6, 6.07) is 12.9. The van der Waals surface area contributed by atoms with Crippen molar-refractivity contribution in [2.75, 3.05) is 48.0 Å². The number of anilines is 3. The number of para-hydroxylation sites is 2. The van der Waals surface area contributed by atoms with Crippen LogP contribution in [-0.4, -0.2) is 55.8 Å². The highest BCUT2D eigenvalue weighted by Gasteiger charge is 2.32. The third-order valence-corrected chi connectivity index (χ3v) is 6.45. The Morgan fingerprint density at radius 2 is 1.97 bits per heavy atom. The minimum Gasteiger partial charge on any atom is -0.476 e. The second kappa shape index (κ2) is 8.16. The molecule has 31 heavy (non-hydrogen) atoms. The fourth-order valence-electron chi connectivity index (χ4n) is 3.77. The Labute approximate surface area is 183 Å². The number of hydrogen-bond acceptors (Lipinski definition) is 7. The van der Waals surface area contributed by atoms with Gasteiger partial charge in [-0.25, -0.2) is 4.98 Å². The number of fused-ring (bicyclic) bond motifs is 2. The van der Waals surface area contributed by atoms with Crippen molar-refractivity contribution in [3.8, 4) is 5.75 Å². The van der Waals surface area contributed by atoms with Gasteiger partial charge in [-0.1, -0.05) is 23.5 Å². The smallest absolute Gasteiger partial charge is 0.267 e. The number of rotatable bonds is 3. The topological polar surface area (TPSA) is 84.0 Å². The van der Waals surface area contributed by atoms with Crippen LogP contribution in [0.1, 0.15) is 6.92 Å². The highest BCUT2D eigenvalue weighted by molar-refractivity contribution is 7.22. The zero-order valence-corrected chi connectivity index (χ0v) is 17.9. The third-order valence-electron chi connectivity index (χ3n) is 5.37. The molecule has 1 aromatic heterocycles. The molecule has 0 bridgehead atoms. The molecule has 0 radical (unpaired) electrons. The number of carbonyl (C=O) groups excluding carboxylic acids is 2. The van der Waals surface area contributed by atoms with Crippen molar-refractivity contribution in [2.24, 2.45) is 0 Å². The summed E-state index contributed by atoms with van der Waals surface area (Å²) < 4.78 is 12.3. The number of carbonyl (C=O) groups is 2. The molecule has 1 N–H and O–H groups in total. The summed E-state index contributed by atoms with van der Waals surface area (Å²) in [6.07, 6.45) is -0.792. The maximum atomic E-state index is 12.9. The van der Waals surface area contributed by atoms with E-state index in [-0.39, 0.29) is 18.4 Å². The number of aromatic nitrogens is 1. The summed E-state index contributed by atoms with van der Waals surface area (Å²) in [5, 5.41) is 3.89. The molecule has 2 aliphatic rings. The first kappa shape index (κ1) is 19.8. The molecule has 8 nitrogen and oxygen atoms in total. The maximum absolute atomic E-state index is 12.9. The normalized spacial score (nSPS) is 18.4. The van der Waals surface area contributed by atoms with Gasteiger partial charge in [-0.2, -0.15) is 0 Å². The van der Waals surface area contributed by atoms with Gasteiger partial charge in [0, 0.05) is 25.7 Å². The third kappa shape index (κ3) is 3.94. The van der Waals surface area contributed by atoms with E-state index in [9.17, 15) is 9.59 Å². The monoisotopic (exact) mass is 438 g/mol. The van der Waals surface area contributed by atoms with Gasteiger partial charge in [0.05, 0.1) is 35.7 Å². The molecule has 1 saturated heterocycles. The molecule has 3 aromatic rings. The van der Waals surface area contributed by atoms with Crippen LogP contribution in [0.4, 0.5) is 16.5 Å². The Morgan fingerprint density at radius 1 is 1.16 bits per heavy atom. The van der Waals surface area contributed by atoms with Gasteiger partial charge >= 0.3 is 0 Å². The minimum absolute atomic E-state index is 0.129. The van der Waals surface area contributed by atoms with Gasteiger partial charge in [-0.3, -0.25) is 9.59 Å². The summed E-state index contributed by atoms with van der Waals surface area (Å²) in [5.74, 6) is 0.102. The number of ether oxygens (including phenoxy) is 2. The van der Waals surface area contributed by atoms with Gasteiger partial charge in [-0.15, -0.1) is 0 Å². The first-order chi connectivity index (χ1) is 15.1. The van der Waals surface area contributed by atoms with Crippen molar-refractivity contribution in [1.29, 1.82) is 0 Å². The van der Waals surface area contributed by atoms with Gasteiger partial charge in [0.2, 0.25) is 5.91 Å². The van der Waals surface area contributed by atoms with E-state index in [0.29, 0.717) is 30.3 Å². The Morgan fingerprint density at radius 3 is 2.77 bits per heavy atom. The van der Waals surface area contributed by atoms with Crippen LogP contribution in [-0.2, 0) is 14.3 Å². The van der Waals surface area contributed by atoms with Crippen molar-refractivity contribution in [1.82, 2.24) is 4.98 Å². The van der Waals surface area contributed by atoms with Crippen LogP contribution in [0.25, 0.3) is 10.2 Å². The molecule has 2 aliphatic heterocycles. The summed E-state index contributed by atoms with van der Waals surface area (Å²) in [7, 11) is 0. The molecule has 2 amide bonds. The van der Waals surface area contributed by atoms with E-state index in [1.54, 1.807) is 22.3 Å². The highest BCUT2D eigenvalue weighted by Crippen LogP contribution is 2.34. The summed E-state index contributed by atoms with van der Waals surface area (Å²) in [6.45, 7) is 4.73. The molecular formula is C22H22N4O4S. The highest BCUT2D eigenvalue weighted by atomic mass is 32.1. The Hall–Kier alpha value is -3.17. The van der Waals surface area contributed by atoms with E-state index in [1.807, 2.05) is 36.4 Å². The molecule has 5 rings (SSSR count). The molecular weight excluding hydrogens is 416 g/mol. The van der Waals surface area contributed by atoms with Crippen molar-refractivity contribution < 1.29 is 19.1 Å². The fraction of sp³-hybridized carbons (Fsp3) is 0.318. The number of hydrogen-bond donors (Lipinski definition) is 1. The van der Waals surface area contributed by atoms with Crippen molar-refractivity contribution in [3.05, 3.63) is 42.5 Å². The molecule has 1 fully saturated rings. The predicted molar refractivity (Wildman–Crippen MR) is 120 cm³/mol. The average molecular weight is 439 g/mol. The van der Waals surface area contributed by atoms with Crippen LogP contribution in [0.2, 0.25) is 0 Å². The van der Waals surface area contributed by atoms with E-state index < -0.39 is 6.10 Å². The van der Waals surface area contributed by atoms with Crippen LogP contribution in [0.15, 0.2) is 42.5 Å². The van der Waals surface area contributed by atoms with Gasteiger partial charge in [-0.05, 0) is 30.3 Å². The molecule has 1 atom stereocenters. The maximum Gasteiger partial charge on any atom is 0.267 e. The van der Waals surface area contributed by atoms with Crippen LogP contribution in [0.5, 0.6) is 5.75 Å². The second-order valence-corrected chi connectivity index (χ2v) is 8.48. The van der Waals surface area contributed by atoms with Crippen LogP contribution in [0.3, 0.4) is 0 Å². The van der Waals surface area contributed by atoms with E-state index in [2.05, 4.69) is 10.2 Å². The standard InChI is InChI=1S/C22H22N4O4S/c1-14(27)26-13-19(30-18-5-3-2-4-17(18)26)21(28)23-15-6-7-16-20(12-15)31-22(24-16)25-8-10-29-11-9-25/h2-7,12,19H,8-11,13H2,1H3,(H,23,28). The van der Waals surface area contributed by atoms with E-state index >= 15 is 0 Å². The molecule has 2 aromatic carbocycles.